The zero-order valence-electron chi connectivity index (χ0n) is 14.4. The summed E-state index contributed by atoms with van der Waals surface area (Å²) in [6.45, 7) is 9.56. The number of carbonyl (C=O) groups excluding carboxylic acids is 1. The van der Waals surface area contributed by atoms with E-state index in [2.05, 4.69) is 7.05 Å². The Kier molecular flexibility index (Phi) is 7.36. The molecule has 1 aromatic carbocycles. The number of benzene rings is 1. The molecule has 1 saturated heterocycles. The van der Waals surface area contributed by atoms with Gasteiger partial charge in [0.2, 0.25) is 0 Å². The zero-order valence-corrected chi connectivity index (χ0v) is 14.4. The minimum absolute atomic E-state index is 0.563. The summed E-state index contributed by atoms with van der Waals surface area (Å²) < 4.78 is 11.4. The van der Waals surface area contributed by atoms with Crippen LogP contribution in [-0.2, 0) is 0 Å². The van der Waals surface area contributed by atoms with Crippen molar-refractivity contribution in [3.8, 4) is 11.5 Å². The maximum atomic E-state index is 10.8. The molecule has 0 radical (unpaired) electrons. The summed E-state index contributed by atoms with van der Waals surface area (Å²) in [5.41, 5.74) is 0.613. The number of quaternary nitrogens is 2. The van der Waals surface area contributed by atoms with Crippen LogP contribution in [0.25, 0.3) is 0 Å². The molecule has 23 heavy (non-hydrogen) atoms. The average Bonchev–Trinajstić information content (AvgIpc) is 2.57. The van der Waals surface area contributed by atoms with Gasteiger partial charge in [0, 0.05) is 5.56 Å². The molecule has 2 N–H and O–H groups in total. The fourth-order valence-electron chi connectivity index (χ4n) is 2.93. The van der Waals surface area contributed by atoms with Gasteiger partial charge in [-0.25, -0.2) is 0 Å². The van der Waals surface area contributed by atoms with Crippen molar-refractivity contribution in [1.29, 1.82) is 0 Å². The summed E-state index contributed by atoms with van der Waals surface area (Å²) in [7, 11) is 2.27. The largest absolute Gasteiger partial charge is 0.490 e. The number of carbonyl (C=O) groups is 1. The van der Waals surface area contributed by atoms with Crippen molar-refractivity contribution in [1.82, 2.24) is 0 Å². The third kappa shape index (κ3) is 5.84. The van der Waals surface area contributed by atoms with Crippen LogP contribution in [0.2, 0.25) is 0 Å². The van der Waals surface area contributed by atoms with Gasteiger partial charge in [0.15, 0.2) is 11.5 Å². The topological polar surface area (TPSA) is 44.4 Å². The van der Waals surface area contributed by atoms with E-state index in [0.29, 0.717) is 24.5 Å². The third-order valence-corrected chi connectivity index (χ3v) is 4.40. The Hall–Kier alpha value is -1.59. The molecular weight excluding hydrogens is 292 g/mol. The Morgan fingerprint density at radius 2 is 1.87 bits per heavy atom. The molecule has 0 unspecified atom stereocenters. The molecule has 0 saturated carbocycles. The zero-order chi connectivity index (χ0) is 16.5. The van der Waals surface area contributed by atoms with Crippen LogP contribution in [-0.4, -0.2) is 59.3 Å². The maximum Gasteiger partial charge on any atom is 0.161 e. The summed E-state index contributed by atoms with van der Waals surface area (Å²) in [5, 5.41) is 0. The number of ether oxygens (including phenoxy) is 2. The van der Waals surface area contributed by atoms with E-state index in [1.165, 1.54) is 39.1 Å². The van der Waals surface area contributed by atoms with Crippen molar-refractivity contribution < 1.29 is 24.1 Å². The smallest absolute Gasteiger partial charge is 0.161 e. The number of hydrogen-bond donors (Lipinski definition) is 2. The van der Waals surface area contributed by atoms with Crippen molar-refractivity contribution in [2.45, 2.75) is 19.8 Å². The van der Waals surface area contributed by atoms with Crippen LogP contribution in [0.4, 0.5) is 0 Å². The van der Waals surface area contributed by atoms with Gasteiger partial charge in [-0.2, -0.15) is 0 Å². The first-order valence-corrected chi connectivity index (χ1v) is 8.72. The van der Waals surface area contributed by atoms with E-state index >= 15 is 0 Å². The molecule has 0 amide bonds. The van der Waals surface area contributed by atoms with Crippen LogP contribution in [0.15, 0.2) is 18.2 Å². The van der Waals surface area contributed by atoms with Gasteiger partial charge in [-0.15, -0.1) is 0 Å². The summed E-state index contributed by atoms with van der Waals surface area (Å²) in [4.78, 5) is 14.2. The first-order valence-electron chi connectivity index (χ1n) is 8.72. The molecular formula is C18H30N2O3+2. The van der Waals surface area contributed by atoms with Crippen molar-refractivity contribution in [3.63, 3.8) is 0 Å². The van der Waals surface area contributed by atoms with Crippen molar-refractivity contribution >= 4 is 6.29 Å². The first kappa shape index (κ1) is 17.8. The quantitative estimate of drug-likeness (QED) is 0.475. The number of aldehydes is 1. The lowest BCUT2D eigenvalue weighted by Crippen LogP contribution is -3.27. The molecule has 0 spiro atoms. The van der Waals surface area contributed by atoms with E-state index < -0.39 is 0 Å². The van der Waals surface area contributed by atoms with Gasteiger partial charge in [-0.1, -0.05) is 0 Å². The normalized spacial score (nSPS) is 21.0. The van der Waals surface area contributed by atoms with E-state index in [1.54, 1.807) is 21.9 Å². The van der Waals surface area contributed by atoms with Crippen LogP contribution in [0.3, 0.4) is 0 Å². The number of piperazine rings is 1. The minimum atomic E-state index is 0.563. The molecule has 2 rings (SSSR count). The average molecular weight is 322 g/mol. The van der Waals surface area contributed by atoms with Gasteiger partial charge < -0.3 is 19.3 Å². The van der Waals surface area contributed by atoms with Gasteiger partial charge in [-0.05, 0) is 38.0 Å². The van der Waals surface area contributed by atoms with Crippen LogP contribution in [0, 0.1) is 0 Å². The highest BCUT2D eigenvalue weighted by Crippen LogP contribution is 2.28. The van der Waals surface area contributed by atoms with Gasteiger partial charge in [0.25, 0.3) is 0 Å². The first-order chi connectivity index (χ1) is 11.2. The molecule has 0 aliphatic carbocycles. The molecule has 1 aromatic rings. The van der Waals surface area contributed by atoms with Gasteiger partial charge in [-0.3, -0.25) is 4.79 Å². The van der Waals surface area contributed by atoms with E-state index in [4.69, 9.17) is 9.47 Å². The Balaban J connectivity index is 1.70. The Morgan fingerprint density at radius 1 is 1.09 bits per heavy atom. The van der Waals surface area contributed by atoms with Crippen molar-refractivity contribution in [3.05, 3.63) is 23.8 Å². The van der Waals surface area contributed by atoms with E-state index in [-0.39, 0.29) is 0 Å². The molecule has 5 heteroatoms. The lowest BCUT2D eigenvalue weighted by molar-refractivity contribution is -1.00. The highest BCUT2D eigenvalue weighted by molar-refractivity contribution is 5.76. The molecule has 128 valence electrons. The summed E-state index contributed by atoms with van der Waals surface area (Å²) in [6.07, 6.45) is 3.06. The summed E-state index contributed by atoms with van der Waals surface area (Å²) >= 11 is 0. The Labute approximate surface area is 139 Å². The lowest BCUT2D eigenvalue weighted by Gasteiger charge is -2.27. The van der Waals surface area contributed by atoms with Crippen molar-refractivity contribution in [2.75, 3.05) is 53.0 Å². The van der Waals surface area contributed by atoms with Gasteiger partial charge in [0.05, 0.1) is 26.8 Å². The number of rotatable bonds is 9. The van der Waals surface area contributed by atoms with E-state index in [9.17, 15) is 4.79 Å². The fraction of sp³-hybridized carbons (Fsp3) is 0.611. The van der Waals surface area contributed by atoms with Crippen LogP contribution in [0.5, 0.6) is 11.5 Å². The highest BCUT2D eigenvalue weighted by Gasteiger charge is 2.18. The van der Waals surface area contributed by atoms with Crippen LogP contribution < -0.4 is 19.3 Å². The fourth-order valence-corrected chi connectivity index (χ4v) is 2.93. The Bertz CT molecular complexity index is 485. The summed E-state index contributed by atoms with van der Waals surface area (Å²) in [5.74, 6) is 1.39. The molecule has 5 nitrogen and oxygen atoms in total. The molecule has 1 aliphatic heterocycles. The molecule has 0 atom stereocenters. The monoisotopic (exact) mass is 322 g/mol. The number of likely N-dealkylation sites (N-methyl/N-ethyl adjacent to an activating group) is 1. The van der Waals surface area contributed by atoms with E-state index in [0.717, 1.165) is 18.5 Å². The molecule has 1 aliphatic rings. The maximum absolute atomic E-state index is 10.8. The van der Waals surface area contributed by atoms with E-state index in [1.807, 2.05) is 13.0 Å². The summed E-state index contributed by atoms with van der Waals surface area (Å²) in [6, 6.07) is 5.33. The van der Waals surface area contributed by atoms with Crippen LogP contribution >= 0.6 is 0 Å². The molecule has 1 heterocycles. The standard InChI is InChI=1S/C18H28N2O3/c1-3-22-18-14-16(15-21)6-7-17(18)23-13-5-4-8-20-11-9-19(2)10-12-20/h6-7,14-15H,3-5,8-13H2,1-2H3/p+2. The van der Waals surface area contributed by atoms with Crippen molar-refractivity contribution in [2.24, 2.45) is 0 Å². The second-order valence-electron chi connectivity index (χ2n) is 6.27. The number of nitrogens with one attached hydrogen (secondary N) is 2. The van der Waals surface area contributed by atoms with Gasteiger partial charge >= 0.3 is 0 Å². The molecule has 1 fully saturated rings. The SMILES string of the molecule is CCOc1cc(C=O)ccc1OCCCC[NH+]1CC[NH+](C)CC1. The Morgan fingerprint density at radius 3 is 2.57 bits per heavy atom. The van der Waals surface area contributed by atoms with Crippen LogP contribution in [0.1, 0.15) is 30.1 Å². The lowest BCUT2D eigenvalue weighted by atomic mass is 10.2. The number of unbranched alkanes of at least 4 members (excludes halogenated alkanes) is 1. The second kappa shape index (κ2) is 9.53. The third-order valence-electron chi connectivity index (χ3n) is 4.40. The second-order valence-corrected chi connectivity index (χ2v) is 6.27. The molecule has 0 bridgehead atoms. The highest BCUT2D eigenvalue weighted by atomic mass is 16.5. The predicted octanol–water partition coefficient (Wildman–Crippen LogP) is -0.530. The molecule has 0 aromatic heterocycles. The number of hydrogen-bond acceptors (Lipinski definition) is 3. The van der Waals surface area contributed by atoms with Gasteiger partial charge in [0.1, 0.15) is 32.5 Å². The minimum Gasteiger partial charge on any atom is -0.490 e. The predicted molar refractivity (Wildman–Crippen MR) is 89.9 cm³/mol.